The Bertz CT molecular complexity index is 335. The maximum atomic E-state index is 12.9. The summed E-state index contributed by atoms with van der Waals surface area (Å²) in [6, 6.07) is 1.17. The molecule has 2 nitrogen and oxygen atoms in total. The monoisotopic (exact) mass is 280 g/mol. The van der Waals surface area contributed by atoms with Crippen molar-refractivity contribution in [1.29, 1.82) is 0 Å². The van der Waals surface area contributed by atoms with Crippen LogP contribution >= 0.6 is 27.3 Å². The van der Waals surface area contributed by atoms with Gasteiger partial charge in [0.25, 0.3) is 0 Å². The SMILES string of the molecule is CC(C)(C)OC(=O)c1cc(F)c(Br)s1. The van der Waals surface area contributed by atoms with Crippen LogP contribution in [-0.4, -0.2) is 11.6 Å². The highest BCUT2D eigenvalue weighted by atomic mass is 79.9. The molecule has 0 saturated carbocycles. The lowest BCUT2D eigenvalue weighted by Gasteiger charge is -2.18. The van der Waals surface area contributed by atoms with Crippen molar-refractivity contribution >= 4 is 33.2 Å². The molecule has 0 saturated heterocycles. The Morgan fingerprint density at radius 2 is 2.14 bits per heavy atom. The van der Waals surface area contributed by atoms with E-state index in [-0.39, 0.29) is 4.88 Å². The molecule has 0 radical (unpaired) electrons. The van der Waals surface area contributed by atoms with Crippen molar-refractivity contribution in [3.63, 3.8) is 0 Å². The van der Waals surface area contributed by atoms with Gasteiger partial charge < -0.3 is 4.74 Å². The summed E-state index contributed by atoms with van der Waals surface area (Å²) in [7, 11) is 0. The van der Waals surface area contributed by atoms with Gasteiger partial charge in [-0.3, -0.25) is 0 Å². The van der Waals surface area contributed by atoms with E-state index in [4.69, 9.17) is 4.74 Å². The van der Waals surface area contributed by atoms with Crippen LogP contribution in [0.15, 0.2) is 9.85 Å². The smallest absolute Gasteiger partial charge is 0.348 e. The lowest BCUT2D eigenvalue weighted by atomic mass is 10.2. The molecule has 5 heteroatoms. The Hall–Kier alpha value is -0.420. The zero-order valence-corrected chi connectivity index (χ0v) is 10.5. The van der Waals surface area contributed by atoms with E-state index in [2.05, 4.69) is 15.9 Å². The van der Waals surface area contributed by atoms with Gasteiger partial charge in [-0.2, -0.15) is 0 Å². The van der Waals surface area contributed by atoms with Gasteiger partial charge in [0.2, 0.25) is 0 Å². The Kier molecular flexibility index (Phi) is 3.32. The molecule has 0 aromatic carbocycles. The number of hydrogen-bond acceptors (Lipinski definition) is 3. The van der Waals surface area contributed by atoms with Crippen molar-refractivity contribution in [3.05, 3.63) is 20.5 Å². The Morgan fingerprint density at radius 3 is 2.50 bits per heavy atom. The standard InChI is InChI=1S/C9H10BrFO2S/c1-9(2,3)13-8(12)6-4-5(11)7(10)14-6/h4H,1-3H3. The maximum Gasteiger partial charge on any atom is 0.348 e. The quantitative estimate of drug-likeness (QED) is 0.735. The highest BCUT2D eigenvalue weighted by molar-refractivity contribution is 9.11. The van der Waals surface area contributed by atoms with Crippen LogP contribution in [0.2, 0.25) is 0 Å². The molecule has 0 fully saturated rings. The van der Waals surface area contributed by atoms with Gasteiger partial charge in [-0.1, -0.05) is 0 Å². The molecule has 0 spiro atoms. The molecule has 1 aromatic rings. The van der Waals surface area contributed by atoms with Gasteiger partial charge in [0, 0.05) is 6.07 Å². The first-order valence-electron chi connectivity index (χ1n) is 3.98. The van der Waals surface area contributed by atoms with E-state index in [0.29, 0.717) is 3.79 Å². The number of hydrogen-bond donors (Lipinski definition) is 0. The van der Waals surface area contributed by atoms with Crippen LogP contribution < -0.4 is 0 Å². The third kappa shape index (κ3) is 3.06. The van der Waals surface area contributed by atoms with Crippen molar-refractivity contribution in [1.82, 2.24) is 0 Å². The molecule has 0 amide bonds. The second-order valence-corrected chi connectivity index (χ2v) is 6.10. The number of esters is 1. The Balaban J connectivity index is 2.80. The maximum absolute atomic E-state index is 12.9. The topological polar surface area (TPSA) is 26.3 Å². The molecule has 0 aliphatic carbocycles. The van der Waals surface area contributed by atoms with Gasteiger partial charge in [0.1, 0.15) is 20.1 Å². The largest absolute Gasteiger partial charge is 0.456 e. The number of carbonyl (C=O) groups is 1. The first-order chi connectivity index (χ1) is 6.29. The van der Waals surface area contributed by atoms with E-state index in [0.717, 1.165) is 11.3 Å². The second-order valence-electron chi connectivity index (χ2n) is 3.73. The predicted molar refractivity (Wildman–Crippen MR) is 57.1 cm³/mol. The van der Waals surface area contributed by atoms with Crippen LogP contribution in [0.25, 0.3) is 0 Å². The second kappa shape index (κ2) is 3.98. The van der Waals surface area contributed by atoms with Crippen molar-refractivity contribution in [3.8, 4) is 0 Å². The van der Waals surface area contributed by atoms with Crippen molar-refractivity contribution in [2.24, 2.45) is 0 Å². The van der Waals surface area contributed by atoms with Crippen molar-refractivity contribution < 1.29 is 13.9 Å². The summed E-state index contributed by atoms with van der Waals surface area (Å²) in [5.41, 5.74) is -0.552. The highest BCUT2D eigenvalue weighted by Crippen LogP contribution is 2.27. The summed E-state index contributed by atoms with van der Waals surface area (Å²) in [5, 5.41) is 0. The van der Waals surface area contributed by atoms with E-state index in [9.17, 15) is 9.18 Å². The van der Waals surface area contributed by atoms with Crippen LogP contribution in [0.4, 0.5) is 4.39 Å². The fourth-order valence-corrected chi connectivity index (χ4v) is 2.05. The number of carbonyl (C=O) groups excluding carboxylic acids is 1. The van der Waals surface area contributed by atoms with Crippen LogP contribution in [0, 0.1) is 5.82 Å². The molecule has 0 atom stereocenters. The summed E-state index contributed by atoms with van der Waals surface area (Å²) in [4.78, 5) is 11.7. The van der Waals surface area contributed by atoms with E-state index < -0.39 is 17.4 Å². The minimum absolute atomic E-state index is 0.268. The molecular formula is C9H10BrFO2S. The van der Waals surface area contributed by atoms with Gasteiger partial charge >= 0.3 is 5.97 Å². The first-order valence-corrected chi connectivity index (χ1v) is 5.59. The van der Waals surface area contributed by atoms with Crippen LogP contribution in [0.1, 0.15) is 30.4 Å². The Morgan fingerprint density at radius 1 is 1.57 bits per heavy atom. The first kappa shape index (κ1) is 11.7. The number of ether oxygens (including phenoxy) is 1. The average Bonchev–Trinajstić information content (AvgIpc) is 2.28. The van der Waals surface area contributed by atoms with Crippen LogP contribution in [0.3, 0.4) is 0 Å². The number of halogens is 2. The lowest BCUT2D eigenvalue weighted by Crippen LogP contribution is -2.23. The normalized spacial score (nSPS) is 11.5. The van der Waals surface area contributed by atoms with Gasteiger partial charge in [-0.15, -0.1) is 11.3 Å². The van der Waals surface area contributed by atoms with Crippen molar-refractivity contribution in [2.75, 3.05) is 0 Å². The van der Waals surface area contributed by atoms with Gasteiger partial charge in [0.05, 0.1) is 0 Å². The number of rotatable bonds is 1. The fourth-order valence-electron chi connectivity index (χ4n) is 0.776. The van der Waals surface area contributed by atoms with Crippen LogP contribution in [-0.2, 0) is 4.74 Å². The summed E-state index contributed by atoms with van der Waals surface area (Å²) < 4.78 is 18.3. The summed E-state index contributed by atoms with van der Waals surface area (Å²) in [5.74, 6) is -0.928. The summed E-state index contributed by atoms with van der Waals surface area (Å²) in [6.45, 7) is 5.30. The molecule has 0 N–H and O–H groups in total. The molecular weight excluding hydrogens is 271 g/mol. The minimum Gasteiger partial charge on any atom is -0.456 e. The third-order valence-corrected chi connectivity index (χ3v) is 2.99. The number of thiophene rings is 1. The van der Waals surface area contributed by atoms with Gasteiger partial charge in [-0.25, -0.2) is 9.18 Å². The van der Waals surface area contributed by atoms with E-state index in [1.165, 1.54) is 6.07 Å². The fraction of sp³-hybridized carbons (Fsp3) is 0.444. The molecule has 0 aliphatic rings. The molecule has 0 unspecified atom stereocenters. The molecule has 1 rings (SSSR count). The molecule has 1 heterocycles. The molecule has 0 aliphatic heterocycles. The zero-order chi connectivity index (χ0) is 10.9. The van der Waals surface area contributed by atoms with E-state index >= 15 is 0 Å². The highest BCUT2D eigenvalue weighted by Gasteiger charge is 2.20. The minimum atomic E-state index is -0.552. The van der Waals surface area contributed by atoms with Gasteiger partial charge in [0.15, 0.2) is 0 Å². The van der Waals surface area contributed by atoms with Crippen molar-refractivity contribution in [2.45, 2.75) is 26.4 Å². The van der Waals surface area contributed by atoms with Crippen LogP contribution in [0.5, 0.6) is 0 Å². The summed E-state index contributed by atoms with van der Waals surface area (Å²) in [6.07, 6.45) is 0. The zero-order valence-electron chi connectivity index (χ0n) is 8.06. The molecule has 78 valence electrons. The third-order valence-electron chi connectivity index (χ3n) is 1.25. The molecule has 14 heavy (non-hydrogen) atoms. The molecule has 0 bridgehead atoms. The van der Waals surface area contributed by atoms with E-state index in [1.807, 2.05) is 0 Å². The lowest BCUT2D eigenvalue weighted by molar-refractivity contribution is 0.00749. The predicted octanol–water partition coefficient (Wildman–Crippen LogP) is 3.61. The van der Waals surface area contributed by atoms with E-state index in [1.54, 1.807) is 20.8 Å². The summed E-state index contributed by atoms with van der Waals surface area (Å²) >= 11 is 4.03. The Labute approximate surface area is 94.2 Å². The van der Waals surface area contributed by atoms with Gasteiger partial charge in [-0.05, 0) is 36.7 Å². The average molecular weight is 281 g/mol. The molecule has 1 aromatic heterocycles.